The molecular formula is C27H32F3N7O3. The van der Waals surface area contributed by atoms with Crippen molar-refractivity contribution in [3.8, 4) is 5.69 Å². The van der Waals surface area contributed by atoms with Gasteiger partial charge in [-0.25, -0.2) is 13.2 Å². The van der Waals surface area contributed by atoms with Crippen LogP contribution in [0.2, 0.25) is 0 Å². The summed E-state index contributed by atoms with van der Waals surface area (Å²) in [5.74, 6) is -3.45. The SMILES string of the molecule is CNCc1c(NCCOC)c(F)cc(NC(=O)c2ccc(=O)n(-c3c(F)cccc3F)n2)c1N1CCCC(N)C1. The maximum Gasteiger partial charge on any atom is 0.276 e. The molecule has 1 aromatic heterocycles. The van der Waals surface area contributed by atoms with Gasteiger partial charge >= 0.3 is 0 Å². The van der Waals surface area contributed by atoms with Crippen LogP contribution >= 0.6 is 0 Å². The Kier molecular flexibility index (Phi) is 9.40. The predicted octanol–water partition coefficient (Wildman–Crippen LogP) is 2.61. The van der Waals surface area contributed by atoms with Crippen molar-refractivity contribution in [2.24, 2.45) is 5.73 Å². The highest BCUT2D eigenvalue weighted by molar-refractivity contribution is 6.05. The highest BCUT2D eigenvalue weighted by atomic mass is 19.1. The summed E-state index contributed by atoms with van der Waals surface area (Å²) < 4.78 is 49.8. The Labute approximate surface area is 229 Å². The molecule has 1 unspecified atom stereocenters. The first kappa shape index (κ1) is 29.1. The lowest BCUT2D eigenvalue weighted by Gasteiger charge is -2.36. The zero-order valence-corrected chi connectivity index (χ0v) is 22.3. The molecule has 2 aromatic carbocycles. The quantitative estimate of drug-likeness (QED) is 0.280. The number of hydrogen-bond donors (Lipinski definition) is 4. The monoisotopic (exact) mass is 559 g/mol. The average Bonchev–Trinajstić information content (AvgIpc) is 2.91. The first-order valence-electron chi connectivity index (χ1n) is 12.8. The number of carbonyl (C=O) groups excluding carboxylic acids is 1. The Balaban J connectivity index is 1.78. The fourth-order valence-electron chi connectivity index (χ4n) is 4.75. The number of hydrogen-bond acceptors (Lipinski definition) is 8. The van der Waals surface area contributed by atoms with Gasteiger partial charge in [-0.1, -0.05) is 6.07 Å². The predicted molar refractivity (Wildman–Crippen MR) is 147 cm³/mol. The third-order valence-electron chi connectivity index (χ3n) is 6.52. The minimum Gasteiger partial charge on any atom is -0.383 e. The summed E-state index contributed by atoms with van der Waals surface area (Å²) in [6.45, 7) is 2.09. The fraction of sp³-hybridized carbons (Fsp3) is 0.370. The van der Waals surface area contributed by atoms with Crippen molar-refractivity contribution < 1.29 is 22.7 Å². The van der Waals surface area contributed by atoms with Gasteiger partial charge in [0.25, 0.3) is 11.5 Å². The van der Waals surface area contributed by atoms with Crippen molar-refractivity contribution in [3.05, 3.63) is 75.5 Å². The van der Waals surface area contributed by atoms with E-state index in [-0.39, 0.29) is 29.7 Å². The molecule has 1 aliphatic heterocycles. The van der Waals surface area contributed by atoms with Gasteiger partial charge < -0.3 is 31.3 Å². The van der Waals surface area contributed by atoms with Gasteiger partial charge in [0.15, 0.2) is 11.6 Å². The molecule has 3 aromatic rings. The molecule has 1 aliphatic rings. The van der Waals surface area contributed by atoms with Crippen molar-refractivity contribution in [2.75, 3.05) is 55.9 Å². The van der Waals surface area contributed by atoms with Crippen LogP contribution < -0.4 is 32.1 Å². The van der Waals surface area contributed by atoms with E-state index in [0.717, 1.165) is 43.2 Å². The smallest absolute Gasteiger partial charge is 0.276 e. The van der Waals surface area contributed by atoms with Crippen LogP contribution in [0.1, 0.15) is 28.9 Å². The van der Waals surface area contributed by atoms with Gasteiger partial charge in [-0.15, -0.1) is 0 Å². The molecule has 214 valence electrons. The Morgan fingerprint density at radius 3 is 2.58 bits per heavy atom. The Morgan fingerprint density at radius 2 is 1.90 bits per heavy atom. The number of ether oxygens (including phenoxy) is 1. The van der Waals surface area contributed by atoms with E-state index < -0.39 is 34.6 Å². The molecule has 1 fully saturated rings. The summed E-state index contributed by atoms with van der Waals surface area (Å²) in [6, 6.07) is 6.30. The van der Waals surface area contributed by atoms with Crippen molar-refractivity contribution >= 4 is 23.0 Å². The number of carbonyl (C=O) groups is 1. The molecule has 0 saturated carbocycles. The molecule has 1 atom stereocenters. The zero-order valence-electron chi connectivity index (χ0n) is 22.3. The summed E-state index contributed by atoms with van der Waals surface area (Å²) in [6.07, 6.45) is 1.63. The van der Waals surface area contributed by atoms with E-state index >= 15 is 4.39 Å². The molecule has 0 bridgehead atoms. The minimum atomic E-state index is -1.02. The van der Waals surface area contributed by atoms with Crippen LogP contribution in [-0.4, -0.2) is 62.1 Å². The number of anilines is 3. The Morgan fingerprint density at radius 1 is 1.15 bits per heavy atom. The first-order valence-corrected chi connectivity index (χ1v) is 12.8. The van der Waals surface area contributed by atoms with Crippen molar-refractivity contribution in [1.82, 2.24) is 15.1 Å². The molecule has 10 nitrogen and oxygen atoms in total. The Bertz CT molecular complexity index is 1410. The van der Waals surface area contributed by atoms with Gasteiger partial charge in [0, 0.05) is 57.0 Å². The second kappa shape index (κ2) is 12.9. The maximum absolute atomic E-state index is 15.5. The van der Waals surface area contributed by atoms with Gasteiger partial charge in [-0.2, -0.15) is 9.78 Å². The molecular weight excluding hydrogens is 527 g/mol. The largest absolute Gasteiger partial charge is 0.383 e. The first-order chi connectivity index (χ1) is 19.2. The lowest BCUT2D eigenvalue weighted by molar-refractivity contribution is 0.102. The molecule has 0 radical (unpaired) electrons. The van der Waals surface area contributed by atoms with Crippen LogP contribution in [-0.2, 0) is 11.3 Å². The average molecular weight is 560 g/mol. The standard InChI is InChI=1S/C27H32F3N7O3/c1-32-14-17-24(33-10-12-40-2)20(30)13-22(25(17)36-11-4-5-16(31)15-36)34-27(39)21-8-9-23(38)37(35-21)26-18(28)6-3-7-19(26)29/h3,6-9,13,16,32-33H,4-5,10-12,14-15,31H2,1-2H3,(H,34,39). The third kappa shape index (κ3) is 6.27. The van der Waals surface area contributed by atoms with Crippen LogP contribution in [0.4, 0.5) is 30.2 Å². The van der Waals surface area contributed by atoms with E-state index in [1.165, 1.54) is 6.07 Å². The summed E-state index contributed by atoms with van der Waals surface area (Å²) in [5, 5.41) is 12.7. The maximum atomic E-state index is 15.5. The zero-order chi connectivity index (χ0) is 28.8. The van der Waals surface area contributed by atoms with E-state index in [1.807, 2.05) is 4.90 Å². The summed E-state index contributed by atoms with van der Waals surface area (Å²) in [4.78, 5) is 27.8. The Hall–Kier alpha value is -3.94. The van der Waals surface area contributed by atoms with E-state index in [2.05, 4.69) is 21.0 Å². The summed E-state index contributed by atoms with van der Waals surface area (Å²) >= 11 is 0. The summed E-state index contributed by atoms with van der Waals surface area (Å²) in [7, 11) is 3.27. The van der Waals surface area contributed by atoms with E-state index in [9.17, 15) is 18.4 Å². The molecule has 4 rings (SSSR count). The molecule has 1 saturated heterocycles. The number of nitrogens with one attached hydrogen (secondary N) is 3. The van der Waals surface area contributed by atoms with Crippen molar-refractivity contribution in [2.45, 2.75) is 25.4 Å². The number of amides is 1. The topological polar surface area (TPSA) is 127 Å². The third-order valence-corrected chi connectivity index (χ3v) is 6.52. The second-order valence-electron chi connectivity index (χ2n) is 9.40. The van der Waals surface area contributed by atoms with Gasteiger partial charge in [0.05, 0.1) is 23.7 Å². The lowest BCUT2D eigenvalue weighted by Crippen LogP contribution is -2.43. The number of piperidine rings is 1. The molecule has 5 N–H and O–H groups in total. The minimum absolute atomic E-state index is 0.115. The molecule has 2 heterocycles. The molecule has 0 aliphatic carbocycles. The number of aromatic nitrogens is 2. The van der Waals surface area contributed by atoms with Crippen molar-refractivity contribution in [1.29, 1.82) is 0 Å². The van der Waals surface area contributed by atoms with Gasteiger partial charge in [0.2, 0.25) is 0 Å². The van der Waals surface area contributed by atoms with Crippen LogP contribution in [0.15, 0.2) is 41.2 Å². The van der Waals surface area contributed by atoms with E-state index in [0.29, 0.717) is 42.2 Å². The number of rotatable bonds is 10. The van der Waals surface area contributed by atoms with Crippen molar-refractivity contribution in [3.63, 3.8) is 0 Å². The number of halogens is 3. The normalized spacial score (nSPS) is 15.2. The number of nitrogens with zero attached hydrogens (tertiary/aromatic N) is 3. The highest BCUT2D eigenvalue weighted by Gasteiger charge is 2.27. The number of benzene rings is 2. The van der Waals surface area contributed by atoms with Gasteiger partial charge in [-0.05, 0) is 38.1 Å². The van der Waals surface area contributed by atoms with Crippen LogP contribution in [0.5, 0.6) is 0 Å². The fourth-order valence-corrected chi connectivity index (χ4v) is 4.75. The van der Waals surface area contributed by atoms with E-state index in [1.54, 1.807) is 14.2 Å². The molecule has 1 amide bonds. The van der Waals surface area contributed by atoms with Crippen LogP contribution in [0.25, 0.3) is 5.69 Å². The van der Waals surface area contributed by atoms with Gasteiger partial charge in [-0.3, -0.25) is 9.59 Å². The number of methoxy groups -OCH3 is 1. The summed E-state index contributed by atoms with van der Waals surface area (Å²) in [5.41, 5.74) is 5.98. The second-order valence-corrected chi connectivity index (χ2v) is 9.40. The highest BCUT2D eigenvalue weighted by Crippen LogP contribution is 2.39. The lowest BCUT2D eigenvalue weighted by atomic mass is 10.0. The van der Waals surface area contributed by atoms with Crippen LogP contribution in [0.3, 0.4) is 0 Å². The molecule has 40 heavy (non-hydrogen) atoms. The van der Waals surface area contributed by atoms with E-state index in [4.69, 9.17) is 10.5 Å². The number of nitrogens with two attached hydrogens (primary N) is 1. The molecule has 13 heteroatoms. The number of para-hydroxylation sites is 1. The molecule has 0 spiro atoms. The van der Waals surface area contributed by atoms with Crippen LogP contribution in [0, 0.1) is 17.5 Å². The van der Waals surface area contributed by atoms with Gasteiger partial charge in [0.1, 0.15) is 17.2 Å².